The second-order valence-corrected chi connectivity index (χ2v) is 1.90. The lowest BCUT2D eigenvalue weighted by Gasteiger charge is -1.78. The number of hydrogen-bond donors (Lipinski definition) is 0. The molecule has 0 aliphatic rings. The largest absolute Gasteiger partial charge is 0.191 e. The second kappa shape index (κ2) is 2.90. The van der Waals surface area contributed by atoms with Gasteiger partial charge in [0, 0.05) is 5.03 Å². The number of nitriles is 1. The highest BCUT2D eigenvalue weighted by Crippen LogP contribution is 2.09. The highest BCUT2D eigenvalue weighted by molar-refractivity contribution is 6.40. The van der Waals surface area contributed by atoms with E-state index in [2.05, 4.69) is 0 Å². The van der Waals surface area contributed by atoms with E-state index in [9.17, 15) is 0 Å². The van der Waals surface area contributed by atoms with Crippen LogP contribution in [0.25, 0.3) is 0 Å². The van der Waals surface area contributed by atoms with E-state index in [0.717, 1.165) is 0 Å². The predicted molar refractivity (Wildman–Crippen MR) is 30.0 cm³/mol. The van der Waals surface area contributed by atoms with Crippen molar-refractivity contribution >= 4 is 23.2 Å². The molecule has 0 saturated carbocycles. The zero-order valence-corrected chi connectivity index (χ0v) is 5.22. The number of hydrogen-bond acceptors (Lipinski definition) is 1. The predicted octanol–water partition coefficient (Wildman–Crippen LogP) is 2.22. The van der Waals surface area contributed by atoms with Crippen molar-refractivity contribution in [3.05, 3.63) is 10.1 Å². The molecule has 0 unspecified atom stereocenters. The van der Waals surface area contributed by atoms with Crippen LogP contribution in [0.2, 0.25) is 0 Å². The van der Waals surface area contributed by atoms with Crippen molar-refractivity contribution in [2.45, 2.75) is 6.92 Å². The van der Waals surface area contributed by atoms with Crippen molar-refractivity contribution in [2.75, 3.05) is 0 Å². The van der Waals surface area contributed by atoms with Crippen LogP contribution in [0, 0.1) is 11.3 Å². The van der Waals surface area contributed by atoms with Crippen LogP contribution in [0.3, 0.4) is 0 Å². The normalized spacial score (nSPS) is 12.3. The number of nitrogens with zero attached hydrogens (tertiary/aromatic N) is 1. The summed E-state index contributed by atoms with van der Waals surface area (Å²) in [6, 6.07) is 1.68. The molecule has 0 fully saturated rings. The maximum atomic E-state index is 7.98. The molecule has 0 aromatic rings. The number of halogens is 2. The molecule has 7 heavy (non-hydrogen) atoms. The van der Waals surface area contributed by atoms with Gasteiger partial charge in [-0.15, -0.1) is 0 Å². The number of allylic oxidation sites excluding steroid dienone is 2. The lowest BCUT2D eigenvalue weighted by molar-refractivity contribution is 1.50. The Morgan fingerprint density at radius 3 is 2.00 bits per heavy atom. The third kappa shape index (κ3) is 2.50. The summed E-state index contributed by atoms with van der Waals surface area (Å²) in [6.07, 6.45) is 0. The lowest BCUT2D eigenvalue weighted by Crippen LogP contribution is -1.62. The summed E-state index contributed by atoms with van der Waals surface area (Å²) in [5.41, 5.74) is 0. The van der Waals surface area contributed by atoms with Crippen LogP contribution in [-0.2, 0) is 0 Å². The van der Waals surface area contributed by atoms with E-state index < -0.39 is 0 Å². The van der Waals surface area contributed by atoms with Crippen LogP contribution in [0.4, 0.5) is 0 Å². The Hall–Kier alpha value is -0.190. The fourth-order valence-electron chi connectivity index (χ4n) is 0.0770. The maximum absolute atomic E-state index is 7.98. The average molecular weight is 136 g/mol. The summed E-state index contributed by atoms with van der Waals surface area (Å²) in [7, 11) is 0. The van der Waals surface area contributed by atoms with E-state index in [0.29, 0.717) is 5.03 Å². The SMILES string of the molecule is CC(Cl)=C(Cl)C#N. The van der Waals surface area contributed by atoms with Gasteiger partial charge in [-0.25, -0.2) is 0 Å². The second-order valence-electron chi connectivity index (χ2n) is 0.959. The molecule has 0 aliphatic heterocycles. The Bertz CT molecular complexity index is 127. The molecular formula is C4H3Cl2N. The van der Waals surface area contributed by atoms with Gasteiger partial charge < -0.3 is 0 Å². The van der Waals surface area contributed by atoms with Crippen LogP contribution >= 0.6 is 23.2 Å². The van der Waals surface area contributed by atoms with Crippen molar-refractivity contribution in [3.8, 4) is 6.07 Å². The van der Waals surface area contributed by atoms with Gasteiger partial charge in [-0.05, 0) is 6.92 Å². The van der Waals surface area contributed by atoms with E-state index in [1.165, 1.54) is 0 Å². The summed E-state index contributed by atoms with van der Waals surface area (Å²) in [6.45, 7) is 1.56. The molecular weight excluding hydrogens is 133 g/mol. The van der Waals surface area contributed by atoms with Gasteiger partial charge in [-0.3, -0.25) is 0 Å². The minimum atomic E-state index is 0.0571. The maximum Gasteiger partial charge on any atom is 0.132 e. The molecule has 0 saturated heterocycles. The zero-order chi connectivity index (χ0) is 5.86. The third-order valence-corrected chi connectivity index (χ3v) is 1.05. The minimum absolute atomic E-state index is 0.0571. The van der Waals surface area contributed by atoms with Crippen LogP contribution in [0.5, 0.6) is 0 Å². The molecule has 0 N–H and O–H groups in total. The Kier molecular flexibility index (Phi) is 2.82. The average Bonchev–Trinajstić information content (AvgIpc) is 1.65. The van der Waals surface area contributed by atoms with Gasteiger partial charge in [-0.2, -0.15) is 5.26 Å². The van der Waals surface area contributed by atoms with Gasteiger partial charge in [0.25, 0.3) is 0 Å². The smallest absolute Gasteiger partial charge is 0.132 e. The number of rotatable bonds is 0. The third-order valence-electron chi connectivity index (χ3n) is 0.401. The molecule has 0 spiro atoms. The standard InChI is InChI=1S/C4H3Cl2N/c1-3(5)4(6)2-7/h1H3. The van der Waals surface area contributed by atoms with E-state index in [-0.39, 0.29) is 5.03 Å². The summed E-state index contributed by atoms with van der Waals surface area (Å²) >= 11 is 10.4. The van der Waals surface area contributed by atoms with E-state index in [1.54, 1.807) is 13.0 Å². The van der Waals surface area contributed by atoms with Gasteiger partial charge in [0.15, 0.2) is 0 Å². The van der Waals surface area contributed by atoms with Gasteiger partial charge in [0.2, 0.25) is 0 Å². The Morgan fingerprint density at radius 1 is 1.57 bits per heavy atom. The molecule has 0 heterocycles. The van der Waals surface area contributed by atoms with Gasteiger partial charge >= 0.3 is 0 Å². The van der Waals surface area contributed by atoms with Crippen LogP contribution in [0.1, 0.15) is 6.92 Å². The minimum Gasteiger partial charge on any atom is -0.191 e. The first-order chi connectivity index (χ1) is 3.18. The summed E-state index contributed by atoms with van der Waals surface area (Å²) in [4.78, 5) is 0. The van der Waals surface area contributed by atoms with Crippen molar-refractivity contribution in [1.82, 2.24) is 0 Å². The molecule has 0 aromatic heterocycles. The molecule has 0 radical (unpaired) electrons. The summed E-state index contributed by atoms with van der Waals surface area (Å²) in [5.74, 6) is 0. The van der Waals surface area contributed by atoms with Crippen LogP contribution in [0.15, 0.2) is 10.1 Å². The summed E-state index contributed by atoms with van der Waals surface area (Å²) in [5, 5.41) is 8.38. The van der Waals surface area contributed by atoms with E-state index in [4.69, 9.17) is 28.5 Å². The molecule has 0 aromatic carbocycles. The molecule has 38 valence electrons. The molecule has 1 nitrogen and oxygen atoms in total. The van der Waals surface area contributed by atoms with Gasteiger partial charge in [0.1, 0.15) is 11.1 Å². The first kappa shape index (κ1) is 6.81. The van der Waals surface area contributed by atoms with Crippen molar-refractivity contribution in [2.24, 2.45) is 0 Å². The molecule has 0 rings (SSSR count). The first-order valence-electron chi connectivity index (χ1n) is 1.60. The van der Waals surface area contributed by atoms with Gasteiger partial charge in [0.05, 0.1) is 0 Å². The lowest BCUT2D eigenvalue weighted by atomic mass is 10.6. The highest BCUT2D eigenvalue weighted by atomic mass is 35.5. The Balaban J connectivity index is 4.07. The monoisotopic (exact) mass is 135 g/mol. The molecule has 0 aliphatic carbocycles. The van der Waals surface area contributed by atoms with Crippen molar-refractivity contribution in [1.29, 1.82) is 5.26 Å². The molecule has 3 heteroatoms. The fourth-order valence-corrected chi connectivity index (χ4v) is 0.119. The molecule has 0 amide bonds. The van der Waals surface area contributed by atoms with Crippen molar-refractivity contribution in [3.63, 3.8) is 0 Å². The Morgan fingerprint density at radius 2 is 2.00 bits per heavy atom. The van der Waals surface area contributed by atoms with Crippen LogP contribution < -0.4 is 0 Å². The van der Waals surface area contributed by atoms with Crippen LogP contribution in [-0.4, -0.2) is 0 Å². The molecule has 0 bridgehead atoms. The van der Waals surface area contributed by atoms with E-state index in [1.807, 2.05) is 0 Å². The topological polar surface area (TPSA) is 23.8 Å². The zero-order valence-electron chi connectivity index (χ0n) is 3.70. The first-order valence-corrected chi connectivity index (χ1v) is 2.36. The Labute approximate surface area is 52.1 Å². The molecule has 0 atom stereocenters. The quantitative estimate of drug-likeness (QED) is 0.468. The fraction of sp³-hybridized carbons (Fsp3) is 0.250. The van der Waals surface area contributed by atoms with E-state index >= 15 is 0 Å². The highest BCUT2D eigenvalue weighted by Gasteiger charge is 1.89. The van der Waals surface area contributed by atoms with Crippen molar-refractivity contribution < 1.29 is 0 Å². The summed E-state index contributed by atoms with van der Waals surface area (Å²) < 4.78 is 0. The van der Waals surface area contributed by atoms with Gasteiger partial charge in [-0.1, -0.05) is 23.2 Å².